The summed E-state index contributed by atoms with van der Waals surface area (Å²) in [6.45, 7) is 1.50. The number of benzene rings is 1. The van der Waals surface area contributed by atoms with Gasteiger partial charge in [-0.05, 0) is 48.6 Å². The molecule has 3 N–H and O–H groups in total. The number of hydrogen-bond acceptors (Lipinski definition) is 6. The molecule has 26 heavy (non-hydrogen) atoms. The summed E-state index contributed by atoms with van der Waals surface area (Å²) in [7, 11) is -2.03. The number of allylic oxidation sites excluding steroid dienone is 1. The average Bonchev–Trinajstić information content (AvgIpc) is 2.82. The van der Waals surface area contributed by atoms with Crippen LogP contribution in [0.15, 0.2) is 41.0 Å². The van der Waals surface area contributed by atoms with Crippen LogP contribution < -0.4 is 0 Å². The van der Waals surface area contributed by atoms with Crippen LogP contribution in [-0.2, 0) is 14.6 Å². The van der Waals surface area contributed by atoms with Gasteiger partial charge in [0.05, 0.1) is 25.1 Å². The zero-order valence-electron chi connectivity index (χ0n) is 15.1. The molecule has 0 amide bonds. The third kappa shape index (κ3) is 4.94. The highest BCUT2D eigenvalue weighted by Crippen LogP contribution is 2.32. The predicted octanol–water partition coefficient (Wildman–Crippen LogP) is 1.67. The summed E-state index contributed by atoms with van der Waals surface area (Å²) in [5.74, 6) is -0.000716. The van der Waals surface area contributed by atoms with E-state index in [-0.39, 0.29) is 18.1 Å². The van der Waals surface area contributed by atoms with Crippen molar-refractivity contribution in [3.05, 3.63) is 46.5 Å². The summed E-state index contributed by atoms with van der Waals surface area (Å²) < 4.78 is 29.5. The van der Waals surface area contributed by atoms with Crippen LogP contribution in [0.5, 0.6) is 5.75 Å². The monoisotopic (exact) mass is 382 g/mol. The van der Waals surface area contributed by atoms with Gasteiger partial charge in [-0.3, -0.25) is 0 Å². The van der Waals surface area contributed by atoms with Crippen LogP contribution >= 0.6 is 0 Å². The standard InChI is InChI=1S/C19H26O6S/c1-13(8-14-4-3-5-16(21)9-14)6-7-17(22)19-15(11-25-2)12-26(23,24)18(19)10-20/h3-5,8-9,17-18,20-22H,6-7,10-12H2,1-2H3/b13-8+/t17-,18+/m1/s1. The fraction of sp³-hybridized carbons (Fsp3) is 0.474. The molecule has 2 rings (SSSR count). The molecule has 0 fully saturated rings. The Bertz CT molecular complexity index is 794. The topological polar surface area (TPSA) is 104 Å². The Morgan fingerprint density at radius 3 is 2.77 bits per heavy atom. The Morgan fingerprint density at radius 1 is 1.42 bits per heavy atom. The minimum Gasteiger partial charge on any atom is -0.508 e. The van der Waals surface area contributed by atoms with E-state index in [1.54, 1.807) is 18.2 Å². The number of phenols is 1. The van der Waals surface area contributed by atoms with Crippen LogP contribution in [0, 0.1) is 0 Å². The minimum absolute atomic E-state index is 0.125. The van der Waals surface area contributed by atoms with Crippen molar-refractivity contribution in [3.63, 3.8) is 0 Å². The Hall–Kier alpha value is -1.67. The number of ether oxygens (including phenoxy) is 1. The zero-order chi connectivity index (χ0) is 19.3. The quantitative estimate of drug-likeness (QED) is 0.591. The van der Waals surface area contributed by atoms with Gasteiger partial charge in [0.1, 0.15) is 11.0 Å². The molecular weight excluding hydrogens is 356 g/mol. The highest BCUT2D eigenvalue weighted by atomic mass is 32.2. The number of methoxy groups -OCH3 is 1. The molecule has 0 aromatic heterocycles. The summed E-state index contributed by atoms with van der Waals surface area (Å²) in [6.07, 6.45) is 1.85. The molecule has 7 heteroatoms. The second-order valence-electron chi connectivity index (χ2n) is 6.61. The van der Waals surface area contributed by atoms with Crippen LogP contribution in [-0.4, -0.2) is 61.2 Å². The fourth-order valence-corrected chi connectivity index (χ4v) is 5.18. The molecule has 1 heterocycles. The van der Waals surface area contributed by atoms with Gasteiger partial charge in [0.2, 0.25) is 0 Å². The van der Waals surface area contributed by atoms with Crippen LogP contribution in [0.2, 0.25) is 0 Å². The molecule has 0 saturated heterocycles. The number of rotatable bonds is 8. The minimum atomic E-state index is -3.50. The molecule has 0 aliphatic carbocycles. The molecule has 6 nitrogen and oxygen atoms in total. The Labute approximate surface area is 154 Å². The first-order chi connectivity index (χ1) is 12.3. The second-order valence-corrected chi connectivity index (χ2v) is 8.79. The normalized spacial score (nSPS) is 21.2. The molecule has 0 bridgehead atoms. The molecule has 1 aliphatic heterocycles. The molecule has 0 unspecified atom stereocenters. The Kier molecular flexibility index (Phi) is 7.00. The van der Waals surface area contributed by atoms with Crippen molar-refractivity contribution in [2.45, 2.75) is 31.1 Å². The molecule has 1 aromatic carbocycles. The largest absolute Gasteiger partial charge is 0.508 e. The first-order valence-electron chi connectivity index (χ1n) is 8.46. The zero-order valence-corrected chi connectivity index (χ0v) is 15.9. The first-order valence-corrected chi connectivity index (χ1v) is 10.2. The van der Waals surface area contributed by atoms with Gasteiger partial charge < -0.3 is 20.1 Å². The average molecular weight is 382 g/mol. The highest BCUT2D eigenvalue weighted by Gasteiger charge is 2.40. The van der Waals surface area contributed by atoms with E-state index in [1.165, 1.54) is 7.11 Å². The van der Waals surface area contributed by atoms with Crippen LogP contribution in [0.3, 0.4) is 0 Å². The first kappa shape index (κ1) is 20.6. The Morgan fingerprint density at radius 2 is 2.15 bits per heavy atom. The Balaban J connectivity index is 2.12. The lowest BCUT2D eigenvalue weighted by atomic mass is 9.95. The van der Waals surface area contributed by atoms with Crippen molar-refractivity contribution < 1.29 is 28.5 Å². The van der Waals surface area contributed by atoms with Crippen LogP contribution in [0.4, 0.5) is 0 Å². The van der Waals surface area contributed by atoms with E-state index in [0.29, 0.717) is 24.0 Å². The van der Waals surface area contributed by atoms with Gasteiger partial charge >= 0.3 is 0 Å². The summed E-state index contributed by atoms with van der Waals surface area (Å²) in [4.78, 5) is 0. The van der Waals surface area contributed by atoms with Crippen molar-refractivity contribution in [1.29, 1.82) is 0 Å². The van der Waals surface area contributed by atoms with Gasteiger partial charge in [-0.15, -0.1) is 0 Å². The van der Waals surface area contributed by atoms with E-state index in [4.69, 9.17) is 4.74 Å². The van der Waals surface area contributed by atoms with Gasteiger partial charge in [-0.2, -0.15) is 0 Å². The van der Waals surface area contributed by atoms with Gasteiger partial charge in [-0.1, -0.05) is 23.8 Å². The van der Waals surface area contributed by atoms with Gasteiger partial charge in [0.15, 0.2) is 9.84 Å². The van der Waals surface area contributed by atoms with Crippen molar-refractivity contribution in [2.24, 2.45) is 0 Å². The van der Waals surface area contributed by atoms with Crippen molar-refractivity contribution in [3.8, 4) is 5.75 Å². The number of hydrogen-bond donors (Lipinski definition) is 3. The summed E-state index contributed by atoms with van der Waals surface area (Å²) in [5.41, 5.74) is 2.76. The van der Waals surface area contributed by atoms with Crippen molar-refractivity contribution >= 4 is 15.9 Å². The lowest BCUT2D eigenvalue weighted by molar-refractivity contribution is 0.182. The van der Waals surface area contributed by atoms with Crippen LogP contribution in [0.1, 0.15) is 25.3 Å². The smallest absolute Gasteiger partial charge is 0.163 e. The highest BCUT2D eigenvalue weighted by molar-refractivity contribution is 7.92. The molecule has 1 aliphatic rings. The maximum absolute atomic E-state index is 12.2. The SMILES string of the molecule is COCC1=C([C@H](O)CC/C(C)=C/c2cccc(O)c2)[C@H](CO)S(=O)(=O)C1. The molecule has 0 spiro atoms. The molecule has 144 valence electrons. The van der Waals surface area contributed by atoms with Crippen molar-refractivity contribution in [2.75, 3.05) is 26.1 Å². The van der Waals surface area contributed by atoms with Gasteiger partial charge in [0.25, 0.3) is 0 Å². The number of aliphatic hydroxyl groups excluding tert-OH is 2. The van der Waals surface area contributed by atoms with Gasteiger partial charge in [-0.25, -0.2) is 8.42 Å². The molecule has 2 atom stereocenters. The van der Waals surface area contributed by atoms with E-state index >= 15 is 0 Å². The third-order valence-electron chi connectivity index (χ3n) is 4.50. The molecule has 1 aromatic rings. The molecule has 0 radical (unpaired) electrons. The van der Waals surface area contributed by atoms with E-state index in [9.17, 15) is 23.7 Å². The lowest BCUT2D eigenvalue weighted by Crippen LogP contribution is -2.29. The number of phenolic OH excluding ortho intramolecular Hbond substituents is 1. The summed E-state index contributed by atoms with van der Waals surface area (Å²) in [6, 6.07) is 6.85. The number of sulfone groups is 1. The lowest BCUT2D eigenvalue weighted by Gasteiger charge is -2.19. The summed E-state index contributed by atoms with van der Waals surface area (Å²) in [5, 5.41) is 28.5. The maximum Gasteiger partial charge on any atom is 0.163 e. The third-order valence-corrected chi connectivity index (χ3v) is 6.52. The predicted molar refractivity (Wildman–Crippen MR) is 101 cm³/mol. The van der Waals surface area contributed by atoms with E-state index < -0.39 is 27.8 Å². The van der Waals surface area contributed by atoms with Gasteiger partial charge in [0, 0.05) is 7.11 Å². The number of aliphatic hydroxyl groups is 2. The number of aromatic hydroxyl groups is 1. The van der Waals surface area contributed by atoms with E-state index in [2.05, 4.69) is 0 Å². The molecule has 0 saturated carbocycles. The second kappa shape index (κ2) is 8.81. The maximum atomic E-state index is 12.2. The fourth-order valence-electron chi connectivity index (χ4n) is 3.30. The van der Waals surface area contributed by atoms with Crippen molar-refractivity contribution in [1.82, 2.24) is 0 Å². The van der Waals surface area contributed by atoms with E-state index in [0.717, 1.165) is 11.1 Å². The van der Waals surface area contributed by atoms with E-state index in [1.807, 2.05) is 19.1 Å². The summed E-state index contributed by atoms with van der Waals surface area (Å²) >= 11 is 0. The van der Waals surface area contributed by atoms with Crippen LogP contribution in [0.25, 0.3) is 6.08 Å². The molecular formula is C19H26O6S.